The summed E-state index contributed by atoms with van der Waals surface area (Å²) in [5.74, 6) is 0.0601. The summed E-state index contributed by atoms with van der Waals surface area (Å²) in [5, 5.41) is 0. The maximum atomic E-state index is 12.8. The highest BCUT2D eigenvalue weighted by atomic mass is 32.2. The normalized spacial score (nSPS) is 23.5. The summed E-state index contributed by atoms with van der Waals surface area (Å²) in [5.41, 5.74) is 1.70. The molecule has 1 unspecified atom stereocenters. The van der Waals surface area contributed by atoms with E-state index in [0.29, 0.717) is 37.5 Å². The van der Waals surface area contributed by atoms with E-state index < -0.39 is 10.0 Å². The maximum Gasteiger partial charge on any atom is 0.243 e. The summed E-state index contributed by atoms with van der Waals surface area (Å²) in [6.07, 6.45) is 1.00. The number of ether oxygens (including phenoxy) is 1. The molecule has 0 spiro atoms. The Bertz CT molecular complexity index is 701. The number of morpholine rings is 1. The van der Waals surface area contributed by atoms with E-state index in [1.807, 2.05) is 6.92 Å². The monoisotopic (exact) mass is 324 g/mol. The molecule has 0 aliphatic carbocycles. The summed E-state index contributed by atoms with van der Waals surface area (Å²) in [6.45, 7) is 3.06. The number of sulfonamides is 1. The molecule has 1 amide bonds. The molecule has 6 nitrogen and oxygen atoms in total. The number of benzene rings is 1. The fourth-order valence-corrected chi connectivity index (χ4v) is 4.65. The highest BCUT2D eigenvalue weighted by molar-refractivity contribution is 7.89. The quantitative estimate of drug-likeness (QED) is 0.814. The van der Waals surface area contributed by atoms with Crippen molar-refractivity contribution < 1.29 is 17.9 Å². The van der Waals surface area contributed by atoms with Gasteiger partial charge in [0.25, 0.3) is 0 Å². The second-order valence-corrected chi connectivity index (χ2v) is 7.67. The zero-order chi connectivity index (χ0) is 15.9. The number of aryl methyl sites for hydroxylation is 1. The Balaban J connectivity index is 1.97. The number of carbonyl (C=O) groups excluding carboxylic acids is 1. The number of rotatable bonds is 2. The van der Waals surface area contributed by atoms with Crippen molar-refractivity contribution in [3.63, 3.8) is 0 Å². The van der Waals surface area contributed by atoms with Gasteiger partial charge in [0.1, 0.15) is 0 Å². The lowest BCUT2D eigenvalue weighted by atomic mass is 10.0. The van der Waals surface area contributed by atoms with E-state index in [1.165, 1.54) is 4.31 Å². The summed E-state index contributed by atoms with van der Waals surface area (Å²) >= 11 is 0. The third-order valence-electron chi connectivity index (χ3n) is 4.31. The number of nitrogens with zero attached hydrogens (tertiary/aromatic N) is 2. The molecule has 1 fully saturated rings. The van der Waals surface area contributed by atoms with Gasteiger partial charge in [-0.25, -0.2) is 8.42 Å². The van der Waals surface area contributed by atoms with Crippen molar-refractivity contribution >= 4 is 21.6 Å². The minimum atomic E-state index is -3.53. The Labute approximate surface area is 130 Å². The molecule has 2 aliphatic rings. The zero-order valence-electron chi connectivity index (χ0n) is 12.8. The number of carbonyl (C=O) groups is 1. The smallest absolute Gasteiger partial charge is 0.243 e. The van der Waals surface area contributed by atoms with E-state index in [2.05, 4.69) is 0 Å². The second-order valence-electron chi connectivity index (χ2n) is 5.78. The van der Waals surface area contributed by atoms with Gasteiger partial charge >= 0.3 is 0 Å². The molecule has 22 heavy (non-hydrogen) atoms. The highest BCUT2D eigenvalue weighted by Gasteiger charge is 2.32. The van der Waals surface area contributed by atoms with Crippen molar-refractivity contribution in [2.24, 2.45) is 0 Å². The first-order valence-corrected chi connectivity index (χ1v) is 8.84. The van der Waals surface area contributed by atoms with Crippen LogP contribution >= 0.6 is 0 Å². The predicted molar refractivity (Wildman–Crippen MR) is 82.3 cm³/mol. The molecule has 3 rings (SSSR count). The third kappa shape index (κ3) is 2.53. The fourth-order valence-electron chi connectivity index (χ4n) is 3.00. The summed E-state index contributed by atoms with van der Waals surface area (Å²) < 4.78 is 32.4. The Kier molecular flexibility index (Phi) is 3.96. The van der Waals surface area contributed by atoms with Crippen molar-refractivity contribution in [2.75, 3.05) is 31.7 Å². The van der Waals surface area contributed by atoms with Gasteiger partial charge in [-0.15, -0.1) is 0 Å². The van der Waals surface area contributed by atoms with Gasteiger partial charge < -0.3 is 9.64 Å². The second kappa shape index (κ2) is 5.64. The molecular weight excluding hydrogens is 304 g/mol. The Hall–Kier alpha value is -1.44. The number of fused-ring (bicyclic) bond motifs is 1. The minimum Gasteiger partial charge on any atom is -0.378 e. The van der Waals surface area contributed by atoms with Gasteiger partial charge in [0.05, 0.1) is 18.1 Å². The van der Waals surface area contributed by atoms with Crippen LogP contribution in [0.2, 0.25) is 0 Å². The van der Waals surface area contributed by atoms with Gasteiger partial charge in [-0.05, 0) is 37.1 Å². The van der Waals surface area contributed by atoms with Crippen LogP contribution in [0.25, 0.3) is 0 Å². The van der Waals surface area contributed by atoms with E-state index in [0.717, 1.165) is 11.3 Å². The van der Waals surface area contributed by atoms with Crippen LogP contribution < -0.4 is 4.90 Å². The molecule has 0 bridgehead atoms. The van der Waals surface area contributed by atoms with Gasteiger partial charge in [-0.2, -0.15) is 4.31 Å². The van der Waals surface area contributed by atoms with Crippen LogP contribution in [0.15, 0.2) is 23.1 Å². The van der Waals surface area contributed by atoms with Crippen LogP contribution in [0.4, 0.5) is 5.69 Å². The van der Waals surface area contributed by atoms with Crippen LogP contribution in [0.5, 0.6) is 0 Å². The maximum absolute atomic E-state index is 12.8. The van der Waals surface area contributed by atoms with Gasteiger partial charge in [-0.3, -0.25) is 4.79 Å². The highest BCUT2D eigenvalue weighted by Crippen LogP contribution is 2.30. The molecule has 120 valence electrons. The summed E-state index contributed by atoms with van der Waals surface area (Å²) in [6, 6.07) is 4.85. The summed E-state index contributed by atoms with van der Waals surface area (Å²) in [4.78, 5) is 13.6. The molecule has 1 atom stereocenters. The van der Waals surface area contributed by atoms with Crippen LogP contribution in [0.3, 0.4) is 0 Å². The van der Waals surface area contributed by atoms with Gasteiger partial charge in [-0.1, -0.05) is 0 Å². The predicted octanol–water partition coefficient (Wildman–Crippen LogP) is 1.01. The van der Waals surface area contributed by atoms with Crippen LogP contribution in [0, 0.1) is 0 Å². The SMILES string of the molecule is CC1COCCN1S(=O)(=O)c1ccc2c(c1)CCC(=O)N2C. The first kappa shape index (κ1) is 15.5. The fraction of sp³-hybridized carbons (Fsp3) is 0.533. The summed E-state index contributed by atoms with van der Waals surface area (Å²) in [7, 11) is -1.81. The van der Waals surface area contributed by atoms with E-state index in [1.54, 1.807) is 30.1 Å². The molecule has 0 radical (unpaired) electrons. The number of hydrogen-bond donors (Lipinski definition) is 0. The Morgan fingerprint density at radius 1 is 1.27 bits per heavy atom. The average molecular weight is 324 g/mol. The van der Waals surface area contributed by atoms with Crippen LogP contribution in [-0.2, 0) is 26.0 Å². The average Bonchev–Trinajstić information content (AvgIpc) is 2.51. The molecule has 2 heterocycles. The topological polar surface area (TPSA) is 66.9 Å². The van der Waals surface area contributed by atoms with Crippen LogP contribution in [-0.4, -0.2) is 51.5 Å². The lowest BCUT2D eigenvalue weighted by Crippen LogP contribution is -2.47. The zero-order valence-corrected chi connectivity index (χ0v) is 13.6. The molecule has 7 heteroatoms. The van der Waals surface area contributed by atoms with E-state index in [9.17, 15) is 13.2 Å². The number of hydrogen-bond acceptors (Lipinski definition) is 4. The van der Waals surface area contributed by atoms with Crippen molar-refractivity contribution in [3.05, 3.63) is 23.8 Å². The molecule has 0 N–H and O–H groups in total. The van der Waals surface area contributed by atoms with Crippen molar-refractivity contribution in [2.45, 2.75) is 30.7 Å². The number of amides is 1. The minimum absolute atomic E-state index is 0.0601. The van der Waals surface area contributed by atoms with E-state index in [-0.39, 0.29) is 11.9 Å². The van der Waals surface area contributed by atoms with Gasteiger partial charge in [0.15, 0.2) is 0 Å². The van der Waals surface area contributed by atoms with Crippen molar-refractivity contribution in [1.82, 2.24) is 4.31 Å². The van der Waals surface area contributed by atoms with E-state index in [4.69, 9.17) is 4.74 Å². The standard InChI is InChI=1S/C15H20N2O4S/c1-11-10-21-8-7-17(11)22(19,20)13-4-5-14-12(9-13)3-6-15(18)16(14)2/h4-5,9,11H,3,6-8,10H2,1-2H3. The van der Waals surface area contributed by atoms with Gasteiger partial charge in [0, 0.05) is 31.7 Å². The van der Waals surface area contributed by atoms with Crippen molar-refractivity contribution in [3.8, 4) is 0 Å². The molecule has 1 aromatic rings. The van der Waals surface area contributed by atoms with E-state index >= 15 is 0 Å². The largest absolute Gasteiger partial charge is 0.378 e. The molecule has 1 saturated heterocycles. The third-order valence-corrected chi connectivity index (χ3v) is 6.32. The Morgan fingerprint density at radius 2 is 2.05 bits per heavy atom. The van der Waals surface area contributed by atoms with Gasteiger partial charge in [0.2, 0.25) is 15.9 Å². The molecule has 2 aliphatic heterocycles. The molecule has 0 saturated carbocycles. The lowest BCUT2D eigenvalue weighted by Gasteiger charge is -2.33. The lowest BCUT2D eigenvalue weighted by molar-refractivity contribution is -0.118. The first-order valence-electron chi connectivity index (χ1n) is 7.40. The molecule has 0 aromatic heterocycles. The molecular formula is C15H20N2O4S. The van der Waals surface area contributed by atoms with Crippen molar-refractivity contribution in [1.29, 1.82) is 0 Å². The molecule has 1 aromatic carbocycles. The number of anilines is 1. The van der Waals surface area contributed by atoms with Crippen LogP contribution in [0.1, 0.15) is 18.9 Å². The first-order chi connectivity index (χ1) is 10.4. The Morgan fingerprint density at radius 3 is 2.77 bits per heavy atom.